The van der Waals surface area contributed by atoms with Gasteiger partial charge in [-0.3, -0.25) is 9.59 Å². The quantitative estimate of drug-likeness (QED) is 0.873. The molecule has 1 heterocycles. The molecule has 0 spiro atoms. The van der Waals surface area contributed by atoms with E-state index in [0.717, 1.165) is 18.6 Å². The lowest BCUT2D eigenvalue weighted by Gasteiger charge is -2.19. The summed E-state index contributed by atoms with van der Waals surface area (Å²) in [5.41, 5.74) is -1.15. The lowest BCUT2D eigenvalue weighted by molar-refractivity contribution is -0.141. The van der Waals surface area contributed by atoms with Gasteiger partial charge in [0.05, 0.1) is 5.56 Å². The van der Waals surface area contributed by atoms with Crippen LogP contribution in [0.3, 0.4) is 0 Å². The number of ether oxygens (including phenoxy) is 1. The van der Waals surface area contributed by atoms with Crippen LogP contribution in [0.1, 0.15) is 35.2 Å². The molecule has 0 bridgehead atoms. The van der Waals surface area contributed by atoms with Crippen molar-refractivity contribution in [3.63, 3.8) is 0 Å². The van der Waals surface area contributed by atoms with Crippen LogP contribution < -0.4 is 10.1 Å². The second kappa shape index (κ2) is 6.15. The Morgan fingerprint density at radius 2 is 2.05 bits per heavy atom. The van der Waals surface area contributed by atoms with Crippen LogP contribution in [-0.2, 0) is 11.0 Å². The highest BCUT2D eigenvalue weighted by molar-refractivity contribution is 5.81. The number of benzene rings is 1. The van der Waals surface area contributed by atoms with E-state index in [0.29, 0.717) is 25.7 Å². The van der Waals surface area contributed by atoms with Gasteiger partial charge in [-0.15, -0.1) is 0 Å². The van der Waals surface area contributed by atoms with Gasteiger partial charge in [0.15, 0.2) is 6.10 Å². The molecule has 2 rings (SSSR count). The van der Waals surface area contributed by atoms with E-state index in [1.54, 1.807) is 0 Å². The van der Waals surface area contributed by atoms with E-state index in [1.165, 1.54) is 6.07 Å². The van der Waals surface area contributed by atoms with Gasteiger partial charge in [0, 0.05) is 12.1 Å². The van der Waals surface area contributed by atoms with E-state index in [4.69, 9.17) is 4.74 Å². The molecule has 114 valence electrons. The first-order valence-electron chi connectivity index (χ1n) is 6.52. The molecule has 4 nitrogen and oxygen atoms in total. The van der Waals surface area contributed by atoms with Crippen LogP contribution in [0, 0.1) is 0 Å². The molecule has 1 saturated heterocycles. The molecule has 0 radical (unpaired) electrons. The van der Waals surface area contributed by atoms with Gasteiger partial charge in [0.1, 0.15) is 12.0 Å². The number of rotatable bonds is 3. The Kier molecular flexibility index (Phi) is 4.50. The largest absolute Gasteiger partial charge is 0.480 e. The van der Waals surface area contributed by atoms with Gasteiger partial charge in [-0.05, 0) is 37.5 Å². The maximum Gasteiger partial charge on any atom is 0.419 e. The lowest BCUT2D eigenvalue weighted by atomic mass is 10.1. The van der Waals surface area contributed by atoms with Gasteiger partial charge in [0.25, 0.3) is 5.91 Å². The van der Waals surface area contributed by atoms with Crippen LogP contribution in [0.2, 0.25) is 0 Å². The third kappa shape index (κ3) is 3.74. The molecule has 1 amide bonds. The SMILES string of the molecule is O=Cc1ccc(OC2CCCCNC2=O)c(C(F)(F)F)c1. The molecule has 1 aliphatic heterocycles. The van der Waals surface area contributed by atoms with E-state index in [9.17, 15) is 22.8 Å². The second-order valence-corrected chi connectivity index (χ2v) is 4.76. The first-order chi connectivity index (χ1) is 9.91. The van der Waals surface area contributed by atoms with Crippen molar-refractivity contribution < 1.29 is 27.5 Å². The van der Waals surface area contributed by atoms with Crippen LogP contribution in [-0.4, -0.2) is 24.8 Å². The summed E-state index contributed by atoms with van der Waals surface area (Å²) in [4.78, 5) is 22.3. The number of nitrogens with one attached hydrogen (secondary N) is 1. The fourth-order valence-electron chi connectivity index (χ4n) is 2.12. The molecule has 1 unspecified atom stereocenters. The molecule has 1 atom stereocenters. The van der Waals surface area contributed by atoms with Crippen molar-refractivity contribution in [2.45, 2.75) is 31.5 Å². The van der Waals surface area contributed by atoms with Crippen molar-refractivity contribution in [2.24, 2.45) is 0 Å². The fourth-order valence-corrected chi connectivity index (χ4v) is 2.12. The third-order valence-electron chi connectivity index (χ3n) is 3.20. The third-order valence-corrected chi connectivity index (χ3v) is 3.20. The summed E-state index contributed by atoms with van der Waals surface area (Å²) in [5, 5.41) is 2.59. The van der Waals surface area contributed by atoms with Crippen LogP contribution in [0.4, 0.5) is 13.2 Å². The average molecular weight is 301 g/mol. The number of aldehydes is 1. The number of hydrogen-bond acceptors (Lipinski definition) is 3. The normalized spacial score (nSPS) is 19.6. The van der Waals surface area contributed by atoms with Gasteiger partial charge in [-0.25, -0.2) is 0 Å². The summed E-state index contributed by atoms with van der Waals surface area (Å²) in [5.74, 6) is -0.852. The van der Waals surface area contributed by atoms with Crippen molar-refractivity contribution in [2.75, 3.05) is 6.54 Å². The molecular weight excluding hydrogens is 287 g/mol. The minimum atomic E-state index is -4.66. The van der Waals surface area contributed by atoms with E-state index in [-0.39, 0.29) is 5.56 Å². The Balaban J connectivity index is 2.30. The Hall–Kier alpha value is -2.05. The van der Waals surface area contributed by atoms with Gasteiger partial charge in [0.2, 0.25) is 0 Å². The molecule has 21 heavy (non-hydrogen) atoms. The highest BCUT2D eigenvalue weighted by Crippen LogP contribution is 2.37. The molecule has 1 fully saturated rings. The van der Waals surface area contributed by atoms with E-state index in [2.05, 4.69) is 5.32 Å². The van der Waals surface area contributed by atoms with Crippen LogP contribution >= 0.6 is 0 Å². The molecule has 1 aliphatic rings. The molecule has 1 aromatic carbocycles. The van der Waals surface area contributed by atoms with E-state index in [1.807, 2.05) is 0 Å². The Bertz CT molecular complexity index is 543. The molecule has 1 aromatic rings. The van der Waals surface area contributed by atoms with Crippen molar-refractivity contribution >= 4 is 12.2 Å². The smallest absolute Gasteiger partial charge is 0.419 e. The van der Waals surface area contributed by atoms with Gasteiger partial charge >= 0.3 is 6.18 Å². The topological polar surface area (TPSA) is 55.4 Å². The van der Waals surface area contributed by atoms with Crippen LogP contribution in [0.5, 0.6) is 5.75 Å². The maximum atomic E-state index is 13.0. The van der Waals surface area contributed by atoms with Crippen LogP contribution in [0.15, 0.2) is 18.2 Å². The molecule has 0 aromatic heterocycles. The highest BCUT2D eigenvalue weighted by atomic mass is 19.4. The number of alkyl halides is 3. The van der Waals surface area contributed by atoms with Crippen molar-refractivity contribution in [1.82, 2.24) is 5.32 Å². The van der Waals surface area contributed by atoms with Gasteiger partial charge in [-0.2, -0.15) is 13.2 Å². The zero-order valence-electron chi connectivity index (χ0n) is 11.1. The summed E-state index contributed by atoms with van der Waals surface area (Å²) < 4.78 is 44.3. The zero-order chi connectivity index (χ0) is 15.5. The summed E-state index contributed by atoms with van der Waals surface area (Å²) in [6.45, 7) is 0.495. The molecule has 0 aliphatic carbocycles. The zero-order valence-corrected chi connectivity index (χ0v) is 11.1. The second-order valence-electron chi connectivity index (χ2n) is 4.76. The number of hydrogen-bond donors (Lipinski definition) is 1. The predicted octanol–water partition coefficient (Wildman–Crippen LogP) is 2.57. The standard InChI is InChI=1S/C14H14F3NO3/c15-14(16,17)10-7-9(8-19)4-5-11(10)21-12-3-1-2-6-18-13(12)20/h4-5,7-8,12H,1-3,6H2,(H,18,20). The Labute approximate surface area is 119 Å². The van der Waals surface area contributed by atoms with Crippen LogP contribution in [0.25, 0.3) is 0 Å². The maximum absolute atomic E-state index is 13.0. The van der Waals surface area contributed by atoms with Gasteiger partial charge in [-0.1, -0.05) is 0 Å². The van der Waals surface area contributed by atoms with Crippen molar-refractivity contribution in [3.8, 4) is 5.75 Å². The van der Waals surface area contributed by atoms with E-state index >= 15 is 0 Å². The number of carbonyl (C=O) groups is 2. The molecule has 7 heteroatoms. The van der Waals surface area contributed by atoms with Crippen molar-refractivity contribution in [1.29, 1.82) is 0 Å². The molecule has 0 saturated carbocycles. The Morgan fingerprint density at radius 1 is 1.29 bits per heavy atom. The number of halogens is 3. The van der Waals surface area contributed by atoms with Gasteiger partial charge < -0.3 is 10.1 Å². The minimum Gasteiger partial charge on any atom is -0.480 e. The number of carbonyl (C=O) groups excluding carboxylic acids is 2. The highest BCUT2D eigenvalue weighted by Gasteiger charge is 2.36. The first-order valence-corrected chi connectivity index (χ1v) is 6.52. The summed E-state index contributed by atoms with van der Waals surface area (Å²) in [6.07, 6.45) is -3.46. The predicted molar refractivity (Wildman–Crippen MR) is 68.1 cm³/mol. The monoisotopic (exact) mass is 301 g/mol. The Morgan fingerprint density at radius 3 is 2.71 bits per heavy atom. The molecular formula is C14H14F3NO3. The summed E-state index contributed by atoms with van der Waals surface area (Å²) >= 11 is 0. The first kappa shape index (κ1) is 15.3. The fraction of sp³-hybridized carbons (Fsp3) is 0.429. The minimum absolute atomic E-state index is 0.0972. The molecule has 1 N–H and O–H groups in total. The average Bonchev–Trinajstić information content (AvgIpc) is 2.63. The van der Waals surface area contributed by atoms with Crippen molar-refractivity contribution in [3.05, 3.63) is 29.3 Å². The lowest BCUT2D eigenvalue weighted by Crippen LogP contribution is -2.36. The summed E-state index contributed by atoms with van der Waals surface area (Å²) in [6, 6.07) is 3.02. The number of amides is 1. The van der Waals surface area contributed by atoms with E-state index < -0.39 is 29.5 Å². The summed E-state index contributed by atoms with van der Waals surface area (Å²) in [7, 11) is 0.